The summed E-state index contributed by atoms with van der Waals surface area (Å²) < 4.78 is 13.5. The number of nitrogens with zero attached hydrogens (tertiary/aromatic N) is 1. The zero-order valence-electron chi connectivity index (χ0n) is 10.8. The van der Waals surface area contributed by atoms with Gasteiger partial charge in [-0.3, -0.25) is 4.79 Å². The summed E-state index contributed by atoms with van der Waals surface area (Å²) in [5.41, 5.74) is 0.593. The van der Waals surface area contributed by atoms with Gasteiger partial charge in [0.05, 0.1) is 11.4 Å². The van der Waals surface area contributed by atoms with Gasteiger partial charge >= 0.3 is 0 Å². The van der Waals surface area contributed by atoms with Crippen molar-refractivity contribution in [3.8, 4) is 0 Å². The van der Waals surface area contributed by atoms with Crippen molar-refractivity contribution < 1.29 is 4.39 Å². The summed E-state index contributed by atoms with van der Waals surface area (Å²) in [5.74, 6) is 0.954. The maximum atomic E-state index is 13.5. The maximum Gasteiger partial charge on any atom is 0.251 e. The molecule has 0 saturated carbocycles. The number of rotatable bonds is 4. The second-order valence-electron chi connectivity index (χ2n) is 4.49. The van der Waals surface area contributed by atoms with Crippen molar-refractivity contribution >= 4 is 11.8 Å². The maximum absolute atomic E-state index is 13.5. The van der Waals surface area contributed by atoms with Crippen molar-refractivity contribution in [2.24, 2.45) is 0 Å². The van der Waals surface area contributed by atoms with E-state index in [-0.39, 0.29) is 17.3 Å². The number of H-pyrrole nitrogens is 1. The highest BCUT2D eigenvalue weighted by molar-refractivity contribution is 7.98. The molecule has 1 aromatic heterocycles. The highest BCUT2D eigenvalue weighted by Crippen LogP contribution is 2.24. The highest BCUT2D eigenvalue weighted by atomic mass is 32.2. The van der Waals surface area contributed by atoms with Crippen molar-refractivity contribution in [3.05, 3.63) is 58.0 Å². The number of thioether (sulfide) groups is 1. The molecule has 0 fully saturated rings. The van der Waals surface area contributed by atoms with Gasteiger partial charge in [-0.1, -0.05) is 26.0 Å². The molecule has 2 rings (SSSR count). The molecule has 1 N–H and O–H groups in total. The predicted molar refractivity (Wildman–Crippen MR) is 74.9 cm³/mol. The van der Waals surface area contributed by atoms with Crippen LogP contribution in [-0.4, -0.2) is 9.97 Å². The van der Waals surface area contributed by atoms with E-state index in [0.29, 0.717) is 16.5 Å². The largest absolute Gasteiger partial charge is 0.310 e. The van der Waals surface area contributed by atoms with Gasteiger partial charge in [-0.15, -0.1) is 11.8 Å². The van der Waals surface area contributed by atoms with Crippen LogP contribution in [0.25, 0.3) is 0 Å². The van der Waals surface area contributed by atoms with Gasteiger partial charge in [-0.25, -0.2) is 9.37 Å². The molecule has 100 valence electrons. The summed E-state index contributed by atoms with van der Waals surface area (Å²) in [7, 11) is 0. The number of nitrogens with one attached hydrogen (secondary N) is 1. The Bertz CT molecular complexity index is 625. The van der Waals surface area contributed by atoms with E-state index in [9.17, 15) is 9.18 Å². The average Bonchev–Trinajstić information content (AvgIpc) is 2.37. The topological polar surface area (TPSA) is 45.8 Å². The van der Waals surface area contributed by atoms with Crippen molar-refractivity contribution in [2.45, 2.75) is 30.4 Å². The first kappa shape index (κ1) is 13.8. The Labute approximate surface area is 115 Å². The number of halogens is 1. The molecule has 0 atom stereocenters. The fraction of sp³-hybridized carbons (Fsp3) is 0.286. The molecule has 0 aliphatic rings. The monoisotopic (exact) mass is 278 g/mol. The van der Waals surface area contributed by atoms with Gasteiger partial charge in [0.25, 0.3) is 5.56 Å². The molecule has 0 unspecified atom stereocenters. The number of hydrogen-bond donors (Lipinski definition) is 1. The lowest BCUT2D eigenvalue weighted by Crippen LogP contribution is -2.12. The molecule has 5 heteroatoms. The lowest BCUT2D eigenvalue weighted by atomic mass is 10.1. The summed E-state index contributed by atoms with van der Waals surface area (Å²) in [6.45, 7) is 3.96. The molecule has 0 bridgehead atoms. The van der Waals surface area contributed by atoms with E-state index in [1.54, 1.807) is 18.2 Å². The van der Waals surface area contributed by atoms with Gasteiger partial charge in [-0.2, -0.15) is 0 Å². The van der Waals surface area contributed by atoms with Crippen molar-refractivity contribution in [1.82, 2.24) is 9.97 Å². The third-order valence-corrected chi connectivity index (χ3v) is 3.66. The first-order valence-electron chi connectivity index (χ1n) is 6.03. The van der Waals surface area contributed by atoms with E-state index in [4.69, 9.17) is 0 Å². The molecule has 0 radical (unpaired) electrons. The first-order valence-corrected chi connectivity index (χ1v) is 7.02. The zero-order valence-corrected chi connectivity index (χ0v) is 11.6. The number of hydrogen-bond acceptors (Lipinski definition) is 3. The molecule has 0 aliphatic carbocycles. The van der Waals surface area contributed by atoms with Crippen LogP contribution >= 0.6 is 11.8 Å². The van der Waals surface area contributed by atoms with Crippen molar-refractivity contribution in [1.29, 1.82) is 0 Å². The average molecular weight is 278 g/mol. The van der Waals surface area contributed by atoms with Crippen LogP contribution in [0.1, 0.15) is 31.3 Å². The normalized spacial score (nSPS) is 10.9. The van der Waals surface area contributed by atoms with Crippen molar-refractivity contribution in [3.63, 3.8) is 0 Å². The second kappa shape index (κ2) is 6.02. The fourth-order valence-corrected chi connectivity index (χ4v) is 2.41. The molecule has 1 aromatic carbocycles. The molecule has 3 nitrogen and oxygen atoms in total. The molecule has 0 saturated heterocycles. The van der Waals surface area contributed by atoms with E-state index in [0.717, 1.165) is 5.69 Å². The lowest BCUT2D eigenvalue weighted by molar-refractivity contribution is 0.602. The van der Waals surface area contributed by atoms with Crippen LogP contribution < -0.4 is 5.56 Å². The highest BCUT2D eigenvalue weighted by Gasteiger charge is 2.07. The standard InChI is InChI=1S/C14H15FN2OS/c1-9(2)11-7-14(18)17-13(16-11)8-19-12-6-4-3-5-10(12)15/h3-7,9H,8H2,1-2H3,(H,16,17,18). The van der Waals surface area contributed by atoms with Gasteiger partial charge in [-0.05, 0) is 18.1 Å². The van der Waals surface area contributed by atoms with E-state index >= 15 is 0 Å². The van der Waals surface area contributed by atoms with E-state index in [1.807, 2.05) is 13.8 Å². The van der Waals surface area contributed by atoms with Crippen LogP contribution in [0.15, 0.2) is 40.0 Å². The summed E-state index contributed by atoms with van der Waals surface area (Å²) >= 11 is 1.32. The molecular formula is C14H15FN2OS. The number of aromatic amines is 1. The Morgan fingerprint density at radius 2 is 2.11 bits per heavy atom. The molecule has 0 amide bonds. The fourth-order valence-electron chi connectivity index (χ4n) is 1.60. The van der Waals surface area contributed by atoms with Crippen LogP contribution in [-0.2, 0) is 5.75 Å². The quantitative estimate of drug-likeness (QED) is 0.873. The molecule has 2 aromatic rings. The molecule has 19 heavy (non-hydrogen) atoms. The van der Waals surface area contributed by atoms with Gasteiger partial charge in [0.15, 0.2) is 0 Å². The Balaban J connectivity index is 2.16. The van der Waals surface area contributed by atoms with Crippen LogP contribution in [0.4, 0.5) is 4.39 Å². The summed E-state index contributed by atoms with van der Waals surface area (Å²) in [6.07, 6.45) is 0. The minimum Gasteiger partial charge on any atom is -0.310 e. The molecule has 1 heterocycles. The van der Waals surface area contributed by atoms with E-state index in [1.165, 1.54) is 23.9 Å². The minimum atomic E-state index is -0.255. The summed E-state index contributed by atoms with van der Waals surface area (Å²) in [5, 5.41) is 0. The molecule has 0 spiro atoms. The van der Waals surface area contributed by atoms with Gasteiger partial charge < -0.3 is 4.98 Å². The van der Waals surface area contributed by atoms with Gasteiger partial charge in [0.1, 0.15) is 11.6 Å². The Hall–Kier alpha value is -1.62. The van der Waals surface area contributed by atoms with Crippen molar-refractivity contribution in [2.75, 3.05) is 0 Å². The zero-order chi connectivity index (χ0) is 13.8. The SMILES string of the molecule is CC(C)c1cc(=O)[nH]c(CSc2ccccc2F)n1. The third-order valence-electron chi connectivity index (χ3n) is 2.60. The number of benzene rings is 1. The molecule has 0 aliphatic heterocycles. The third kappa shape index (κ3) is 3.67. The predicted octanol–water partition coefficient (Wildman–Crippen LogP) is 3.32. The number of aromatic nitrogens is 2. The molecular weight excluding hydrogens is 263 g/mol. The Morgan fingerprint density at radius 3 is 2.79 bits per heavy atom. The Morgan fingerprint density at radius 1 is 1.37 bits per heavy atom. The van der Waals surface area contributed by atoms with Crippen LogP contribution in [0.3, 0.4) is 0 Å². The van der Waals surface area contributed by atoms with E-state index in [2.05, 4.69) is 9.97 Å². The first-order chi connectivity index (χ1) is 9.06. The second-order valence-corrected chi connectivity index (χ2v) is 5.51. The van der Waals surface area contributed by atoms with Crippen LogP contribution in [0.2, 0.25) is 0 Å². The minimum absolute atomic E-state index is 0.164. The van der Waals surface area contributed by atoms with Crippen LogP contribution in [0.5, 0.6) is 0 Å². The smallest absolute Gasteiger partial charge is 0.251 e. The summed E-state index contributed by atoms with van der Waals surface area (Å²) in [4.78, 5) is 19.1. The van der Waals surface area contributed by atoms with Gasteiger partial charge in [0, 0.05) is 11.0 Å². The Kier molecular flexibility index (Phi) is 4.37. The van der Waals surface area contributed by atoms with Crippen LogP contribution in [0, 0.1) is 5.82 Å². The lowest BCUT2D eigenvalue weighted by Gasteiger charge is -2.07. The van der Waals surface area contributed by atoms with E-state index < -0.39 is 0 Å². The summed E-state index contributed by atoms with van der Waals surface area (Å²) in [6, 6.07) is 8.07. The van der Waals surface area contributed by atoms with Gasteiger partial charge in [0.2, 0.25) is 0 Å².